The average Bonchev–Trinajstić information content (AvgIpc) is 2.88. The number of hydrogen-bond donors (Lipinski definition) is 0. The second kappa shape index (κ2) is 18.9. The van der Waals surface area contributed by atoms with Crippen molar-refractivity contribution < 1.29 is 4.74 Å². The van der Waals surface area contributed by atoms with Crippen molar-refractivity contribution in [3.8, 4) is 0 Å². The zero-order chi connectivity index (χ0) is 16.6. The Hall–Kier alpha value is -0.0800. The highest BCUT2D eigenvalue weighted by atomic mass is 16.5. The van der Waals surface area contributed by atoms with Crippen molar-refractivity contribution in [3.05, 3.63) is 0 Å². The fourth-order valence-corrected chi connectivity index (χ4v) is 2.79. The van der Waals surface area contributed by atoms with E-state index < -0.39 is 0 Å². The predicted molar refractivity (Wildman–Crippen MR) is 94.6 cm³/mol. The molecule has 0 aliphatic carbocycles. The topological polar surface area (TPSA) is 12.5 Å². The van der Waals surface area contributed by atoms with Crippen molar-refractivity contribution in [2.45, 2.75) is 93.7 Å². The fraction of sp³-hybridized carbons (Fsp3) is 1.00. The number of likely N-dealkylation sites (tertiary alicyclic amines) is 1. The van der Waals surface area contributed by atoms with E-state index in [1.807, 2.05) is 48.7 Å². The molecule has 0 aromatic rings. The smallest absolute Gasteiger partial charge is 0.0503 e. The van der Waals surface area contributed by atoms with Crippen LogP contribution in [0.2, 0.25) is 0 Å². The summed E-state index contributed by atoms with van der Waals surface area (Å²) >= 11 is 0. The minimum atomic E-state index is 0.750. The molecule has 1 fully saturated rings. The van der Waals surface area contributed by atoms with Gasteiger partial charge in [-0.2, -0.15) is 0 Å². The van der Waals surface area contributed by atoms with Crippen LogP contribution in [-0.2, 0) is 4.74 Å². The van der Waals surface area contributed by atoms with Crippen LogP contribution in [0.15, 0.2) is 0 Å². The third kappa shape index (κ3) is 9.77. The maximum Gasteiger partial charge on any atom is 0.0503 e. The van der Waals surface area contributed by atoms with E-state index in [-0.39, 0.29) is 0 Å². The van der Waals surface area contributed by atoms with Gasteiger partial charge in [0, 0.05) is 25.7 Å². The molecule has 126 valence electrons. The number of nitrogens with zero attached hydrogens (tertiary/aromatic N) is 1. The van der Waals surface area contributed by atoms with Crippen LogP contribution in [0, 0.1) is 5.92 Å². The predicted octanol–water partition coefficient (Wildman–Crippen LogP) is 5.61. The zero-order valence-electron chi connectivity index (χ0n) is 16.1. The normalized spacial score (nSPS) is 21.1. The van der Waals surface area contributed by atoms with Gasteiger partial charge in [-0.1, -0.05) is 55.4 Å². The summed E-state index contributed by atoms with van der Waals surface area (Å²) in [5.41, 5.74) is 0. The van der Waals surface area contributed by atoms with Gasteiger partial charge in [0.05, 0.1) is 6.61 Å². The molecule has 1 aliphatic heterocycles. The molecule has 0 N–H and O–H groups in total. The Morgan fingerprint density at radius 2 is 1.45 bits per heavy atom. The molecule has 2 unspecified atom stereocenters. The van der Waals surface area contributed by atoms with Gasteiger partial charge in [0.1, 0.15) is 0 Å². The summed E-state index contributed by atoms with van der Waals surface area (Å²) in [5, 5.41) is 0. The molecule has 2 nitrogen and oxygen atoms in total. The van der Waals surface area contributed by atoms with E-state index in [0.717, 1.165) is 24.6 Å². The number of rotatable bonds is 5. The van der Waals surface area contributed by atoms with Gasteiger partial charge in [-0.05, 0) is 32.1 Å². The summed E-state index contributed by atoms with van der Waals surface area (Å²) in [6.45, 7) is 21.1. The molecule has 0 amide bonds. The van der Waals surface area contributed by atoms with Gasteiger partial charge in [-0.25, -0.2) is 0 Å². The number of hydrogen-bond acceptors (Lipinski definition) is 2. The molecular weight excluding hydrogens is 246 g/mol. The van der Waals surface area contributed by atoms with Crippen LogP contribution < -0.4 is 0 Å². The lowest BCUT2D eigenvalue weighted by Crippen LogP contribution is -2.37. The van der Waals surface area contributed by atoms with Gasteiger partial charge >= 0.3 is 0 Å². The van der Waals surface area contributed by atoms with E-state index in [2.05, 4.69) is 25.7 Å². The first-order chi connectivity index (χ1) is 9.72. The molecule has 2 heteroatoms. The zero-order valence-corrected chi connectivity index (χ0v) is 16.1. The highest BCUT2D eigenvalue weighted by molar-refractivity contribution is 4.86. The summed E-state index contributed by atoms with van der Waals surface area (Å²) in [4.78, 5) is 2.67. The molecule has 0 bridgehead atoms. The minimum Gasteiger partial charge on any atom is -0.384 e. The lowest BCUT2D eigenvalue weighted by molar-refractivity contribution is 0.140. The van der Waals surface area contributed by atoms with Gasteiger partial charge < -0.3 is 4.74 Å². The van der Waals surface area contributed by atoms with E-state index >= 15 is 0 Å². The first-order valence-electron chi connectivity index (χ1n) is 8.97. The molecule has 0 radical (unpaired) electrons. The largest absolute Gasteiger partial charge is 0.384 e. The minimum absolute atomic E-state index is 0.750. The average molecular weight is 290 g/mol. The van der Waals surface area contributed by atoms with E-state index in [1.54, 1.807) is 0 Å². The van der Waals surface area contributed by atoms with Crippen LogP contribution in [0.1, 0.15) is 81.6 Å². The first kappa shape index (κ1) is 24.9. The highest BCUT2D eigenvalue weighted by Crippen LogP contribution is 2.27. The first-order valence-corrected chi connectivity index (χ1v) is 8.97. The highest BCUT2D eigenvalue weighted by Gasteiger charge is 2.32. The molecule has 0 spiro atoms. The van der Waals surface area contributed by atoms with E-state index in [1.165, 1.54) is 25.8 Å². The Balaban J connectivity index is -0.000000425. The number of methoxy groups -OCH3 is 1. The van der Waals surface area contributed by atoms with Gasteiger partial charge in [0.25, 0.3) is 0 Å². The van der Waals surface area contributed by atoms with Gasteiger partial charge in [-0.3, -0.25) is 4.90 Å². The van der Waals surface area contributed by atoms with E-state index in [0.29, 0.717) is 0 Å². The van der Waals surface area contributed by atoms with Gasteiger partial charge in [0.2, 0.25) is 0 Å². The van der Waals surface area contributed by atoms with Crippen LogP contribution in [0.5, 0.6) is 0 Å². The Labute approximate surface area is 130 Å². The third-order valence-electron chi connectivity index (χ3n) is 3.52. The lowest BCUT2D eigenvalue weighted by Gasteiger charge is -2.29. The molecular formula is C18H43NO. The quantitative estimate of drug-likeness (QED) is 0.652. The molecule has 1 rings (SSSR count). The monoisotopic (exact) mass is 289 g/mol. The molecule has 0 saturated carbocycles. The van der Waals surface area contributed by atoms with Crippen LogP contribution in [-0.4, -0.2) is 37.2 Å². The molecule has 1 heterocycles. The van der Waals surface area contributed by atoms with Crippen molar-refractivity contribution in [3.63, 3.8) is 0 Å². The molecule has 2 atom stereocenters. The maximum atomic E-state index is 5.24. The van der Waals surface area contributed by atoms with Crippen LogP contribution in [0.25, 0.3) is 0 Å². The number of ether oxygens (including phenoxy) is 1. The third-order valence-corrected chi connectivity index (χ3v) is 3.52. The summed E-state index contributed by atoms with van der Waals surface area (Å²) in [6.07, 6.45) is 3.87. The molecule has 0 aromatic carbocycles. The standard InChI is InChI=1S/C12H25NO.3C2H6/c1-5-12(6-2)13-8-11(9-14-4)7-10(13)3;3*1-2/h10-12H,5-9H2,1-4H3;3*1-2H3. The Bertz CT molecular complexity index is 157. The van der Waals surface area contributed by atoms with Crippen molar-refractivity contribution in [1.29, 1.82) is 0 Å². The van der Waals surface area contributed by atoms with Crippen molar-refractivity contribution in [1.82, 2.24) is 4.90 Å². The Kier molecular flexibility index (Phi) is 23.6. The fourth-order valence-electron chi connectivity index (χ4n) is 2.79. The second-order valence-electron chi connectivity index (χ2n) is 4.57. The van der Waals surface area contributed by atoms with Crippen LogP contribution in [0.4, 0.5) is 0 Å². The summed E-state index contributed by atoms with van der Waals surface area (Å²) in [6, 6.07) is 1.53. The van der Waals surface area contributed by atoms with E-state index in [4.69, 9.17) is 4.74 Å². The summed E-state index contributed by atoms with van der Waals surface area (Å²) in [5.74, 6) is 0.760. The Morgan fingerprint density at radius 3 is 1.80 bits per heavy atom. The van der Waals surface area contributed by atoms with Crippen molar-refractivity contribution >= 4 is 0 Å². The van der Waals surface area contributed by atoms with Crippen LogP contribution in [0.3, 0.4) is 0 Å². The molecule has 1 aliphatic rings. The maximum absolute atomic E-state index is 5.24. The summed E-state index contributed by atoms with van der Waals surface area (Å²) < 4.78 is 5.24. The SMILES string of the molecule is CC.CC.CC.CCC(CC)N1CC(COC)CC1C. The lowest BCUT2D eigenvalue weighted by atomic mass is 10.1. The molecule has 0 aromatic heterocycles. The Morgan fingerprint density at radius 1 is 1.00 bits per heavy atom. The van der Waals surface area contributed by atoms with Crippen molar-refractivity contribution in [2.24, 2.45) is 5.92 Å². The molecule has 20 heavy (non-hydrogen) atoms. The molecule has 1 saturated heterocycles. The summed E-state index contributed by atoms with van der Waals surface area (Å²) in [7, 11) is 1.81. The van der Waals surface area contributed by atoms with Crippen molar-refractivity contribution in [2.75, 3.05) is 20.3 Å². The second-order valence-corrected chi connectivity index (χ2v) is 4.57. The van der Waals surface area contributed by atoms with Gasteiger partial charge in [0.15, 0.2) is 0 Å². The van der Waals surface area contributed by atoms with Gasteiger partial charge in [-0.15, -0.1) is 0 Å². The van der Waals surface area contributed by atoms with E-state index in [9.17, 15) is 0 Å². The van der Waals surface area contributed by atoms with Crippen LogP contribution >= 0.6 is 0 Å².